The number of hydrogen-bond donors (Lipinski definition) is 0. The van der Waals surface area contributed by atoms with Gasteiger partial charge in [0.25, 0.3) is 0 Å². The summed E-state index contributed by atoms with van der Waals surface area (Å²) in [6.45, 7) is 0. The van der Waals surface area contributed by atoms with Crippen molar-refractivity contribution in [3.63, 3.8) is 0 Å². The third kappa shape index (κ3) is 3.56. The van der Waals surface area contributed by atoms with E-state index in [0.29, 0.717) is 4.90 Å². The number of nitrogens with zero attached hydrogens (tertiary/aromatic N) is 1. The first-order valence-corrected chi connectivity index (χ1v) is 7.76. The number of benzene rings is 1. The molecule has 9 heteroatoms. The Balaban J connectivity index is 2.46. The smallest absolute Gasteiger partial charge is 0.297 e. The van der Waals surface area contributed by atoms with Crippen molar-refractivity contribution >= 4 is 33.0 Å². The summed E-state index contributed by atoms with van der Waals surface area (Å²) in [5, 5.41) is 0.941. The van der Waals surface area contributed by atoms with E-state index in [9.17, 15) is 26.4 Å². The molecule has 1 heterocycles. The molecule has 1 aliphatic heterocycles. The molecule has 0 N–H and O–H groups in total. The number of amides is 1. The van der Waals surface area contributed by atoms with Gasteiger partial charge in [-0.25, -0.2) is 8.42 Å². The summed E-state index contributed by atoms with van der Waals surface area (Å²) in [6.07, 6.45) is -4.07. The second kappa shape index (κ2) is 5.34. The van der Waals surface area contributed by atoms with E-state index in [2.05, 4.69) is 0 Å². The Bertz CT molecular complexity index is 700. The van der Waals surface area contributed by atoms with Gasteiger partial charge in [0.15, 0.2) is 9.84 Å². The van der Waals surface area contributed by atoms with Gasteiger partial charge in [-0.3, -0.25) is 9.69 Å². The van der Waals surface area contributed by atoms with Gasteiger partial charge < -0.3 is 0 Å². The largest absolute Gasteiger partial charge is 0.471 e. The van der Waals surface area contributed by atoms with Crippen LogP contribution in [0.3, 0.4) is 0 Å². The van der Waals surface area contributed by atoms with Crippen molar-refractivity contribution in [1.82, 2.24) is 0 Å². The number of hydrogen-bond acceptors (Lipinski definition) is 3. The zero-order valence-electron chi connectivity index (χ0n) is 10.3. The first-order valence-electron chi connectivity index (χ1n) is 5.67. The molecule has 2 rings (SSSR count). The molecule has 0 aromatic heterocycles. The fourth-order valence-corrected chi connectivity index (χ4v) is 3.39. The second-order valence-electron chi connectivity index (χ2n) is 4.38. The highest BCUT2D eigenvalue weighted by Crippen LogP contribution is 2.30. The van der Waals surface area contributed by atoms with Crippen LogP contribution in [-0.4, -0.2) is 32.3 Å². The lowest BCUT2D eigenvalue weighted by Crippen LogP contribution is -2.47. The minimum atomic E-state index is -5.12. The van der Waals surface area contributed by atoms with Gasteiger partial charge in [-0.1, -0.05) is 17.7 Å². The van der Waals surface area contributed by atoms with Crippen LogP contribution in [0.5, 0.6) is 0 Å². The normalized spacial score (nSPS) is 20.5. The molecule has 114 valence electrons. The fraction of sp³-hybridized carbons (Fsp3) is 0.250. The maximum atomic E-state index is 12.7. The Labute approximate surface area is 123 Å². The molecule has 0 bridgehead atoms. The van der Waals surface area contributed by atoms with E-state index in [1.807, 2.05) is 0 Å². The third-order valence-electron chi connectivity index (χ3n) is 2.79. The monoisotopic (exact) mass is 339 g/mol. The highest BCUT2D eigenvalue weighted by Gasteiger charge is 2.46. The number of sulfone groups is 1. The lowest BCUT2D eigenvalue weighted by atomic mass is 10.2. The van der Waals surface area contributed by atoms with Crippen LogP contribution in [0.1, 0.15) is 0 Å². The van der Waals surface area contributed by atoms with Crippen LogP contribution in [0.4, 0.5) is 18.9 Å². The number of rotatable bonds is 2. The maximum Gasteiger partial charge on any atom is 0.471 e. The summed E-state index contributed by atoms with van der Waals surface area (Å²) in [7, 11) is -3.61. The molecule has 21 heavy (non-hydrogen) atoms. The van der Waals surface area contributed by atoms with Crippen LogP contribution < -0.4 is 4.90 Å². The summed E-state index contributed by atoms with van der Waals surface area (Å²) < 4.78 is 61.0. The van der Waals surface area contributed by atoms with Gasteiger partial charge in [0, 0.05) is 16.1 Å². The summed E-state index contributed by atoms with van der Waals surface area (Å²) in [5.41, 5.74) is -0.114. The molecule has 4 nitrogen and oxygen atoms in total. The van der Waals surface area contributed by atoms with Crippen LogP contribution in [0, 0.1) is 0 Å². The number of carbonyl (C=O) groups is 1. The van der Waals surface area contributed by atoms with Crippen LogP contribution in [0.2, 0.25) is 5.02 Å². The number of anilines is 1. The Morgan fingerprint density at radius 3 is 2.48 bits per heavy atom. The van der Waals surface area contributed by atoms with Crippen LogP contribution in [-0.2, 0) is 14.6 Å². The lowest BCUT2D eigenvalue weighted by molar-refractivity contribution is -0.170. The zero-order valence-corrected chi connectivity index (χ0v) is 11.9. The van der Waals surface area contributed by atoms with Crippen molar-refractivity contribution in [2.24, 2.45) is 0 Å². The summed E-state index contributed by atoms with van der Waals surface area (Å²) >= 11 is 5.72. The van der Waals surface area contributed by atoms with Gasteiger partial charge in [0.1, 0.15) is 0 Å². The molecule has 1 aromatic rings. The molecule has 0 radical (unpaired) electrons. The van der Waals surface area contributed by atoms with E-state index in [4.69, 9.17) is 11.6 Å². The molecule has 0 saturated heterocycles. The van der Waals surface area contributed by atoms with Gasteiger partial charge >= 0.3 is 12.1 Å². The minimum absolute atomic E-state index is 0.114. The Morgan fingerprint density at radius 2 is 2.00 bits per heavy atom. The van der Waals surface area contributed by atoms with Crippen LogP contribution in [0.25, 0.3) is 0 Å². The number of halogens is 4. The highest BCUT2D eigenvalue weighted by molar-refractivity contribution is 7.94. The van der Waals surface area contributed by atoms with Gasteiger partial charge in [-0.15, -0.1) is 0 Å². The standard InChI is InChI=1S/C12H9ClF3NO3S/c13-8-2-1-3-9(6-8)17(11(18)12(14,15)16)10-4-5-21(19,20)7-10/h1-6,10H,7H2. The molecule has 0 aliphatic carbocycles. The molecule has 1 amide bonds. The molecule has 0 fully saturated rings. The van der Waals surface area contributed by atoms with E-state index >= 15 is 0 Å². The lowest BCUT2D eigenvalue weighted by Gasteiger charge is -2.28. The number of carbonyl (C=O) groups excluding carboxylic acids is 1. The van der Waals surface area contributed by atoms with Gasteiger partial charge in [-0.05, 0) is 24.3 Å². The van der Waals surface area contributed by atoms with Crippen molar-refractivity contribution < 1.29 is 26.4 Å². The van der Waals surface area contributed by atoms with Gasteiger partial charge in [0.2, 0.25) is 0 Å². The predicted octanol–water partition coefficient (Wildman–Crippen LogP) is 2.55. The van der Waals surface area contributed by atoms with E-state index in [1.54, 1.807) is 0 Å². The zero-order chi connectivity index (χ0) is 15.8. The molecular weight excluding hydrogens is 331 g/mol. The summed E-state index contributed by atoms with van der Waals surface area (Å²) in [6, 6.07) is 4.02. The van der Waals surface area contributed by atoms with E-state index in [1.165, 1.54) is 24.3 Å². The SMILES string of the molecule is O=C(N(c1cccc(Cl)c1)C1C=CS(=O)(=O)C1)C(F)(F)F. The van der Waals surface area contributed by atoms with Crippen molar-refractivity contribution in [1.29, 1.82) is 0 Å². The van der Waals surface area contributed by atoms with E-state index in [0.717, 1.165) is 11.5 Å². The number of alkyl halides is 3. The Morgan fingerprint density at radius 1 is 1.33 bits per heavy atom. The molecule has 0 saturated carbocycles. The molecule has 1 aliphatic rings. The van der Waals surface area contributed by atoms with E-state index in [-0.39, 0.29) is 10.7 Å². The predicted molar refractivity (Wildman–Crippen MR) is 71.7 cm³/mol. The van der Waals surface area contributed by atoms with Gasteiger partial charge in [-0.2, -0.15) is 13.2 Å². The molecule has 1 unspecified atom stereocenters. The third-order valence-corrected chi connectivity index (χ3v) is 4.40. The molecule has 1 atom stereocenters. The van der Waals surface area contributed by atoms with E-state index < -0.39 is 33.7 Å². The maximum absolute atomic E-state index is 12.7. The summed E-state index contributed by atoms with van der Waals surface area (Å²) in [5.74, 6) is -2.74. The first kappa shape index (κ1) is 15.8. The molecule has 1 aromatic carbocycles. The van der Waals surface area contributed by atoms with Crippen molar-refractivity contribution in [2.75, 3.05) is 10.7 Å². The Hall–Kier alpha value is -1.54. The fourth-order valence-electron chi connectivity index (χ4n) is 1.94. The highest BCUT2D eigenvalue weighted by atomic mass is 35.5. The topological polar surface area (TPSA) is 54.5 Å². The van der Waals surface area contributed by atoms with Crippen LogP contribution >= 0.6 is 11.6 Å². The van der Waals surface area contributed by atoms with Crippen molar-refractivity contribution in [2.45, 2.75) is 12.2 Å². The molecule has 0 spiro atoms. The van der Waals surface area contributed by atoms with Crippen molar-refractivity contribution in [3.8, 4) is 0 Å². The minimum Gasteiger partial charge on any atom is -0.297 e. The quantitative estimate of drug-likeness (QED) is 0.832. The van der Waals surface area contributed by atoms with Crippen molar-refractivity contribution in [3.05, 3.63) is 40.8 Å². The summed E-state index contributed by atoms with van der Waals surface area (Å²) in [4.78, 5) is 12.0. The van der Waals surface area contributed by atoms with Crippen LogP contribution in [0.15, 0.2) is 35.7 Å². The second-order valence-corrected chi connectivity index (χ2v) is 6.75. The average molecular weight is 340 g/mol. The first-order chi connectivity index (χ1) is 9.60. The van der Waals surface area contributed by atoms with Gasteiger partial charge in [0.05, 0.1) is 11.8 Å². The Kier molecular flexibility index (Phi) is 4.03. The molecular formula is C12H9ClF3NO3S. The average Bonchev–Trinajstić information content (AvgIpc) is 2.68.